The van der Waals surface area contributed by atoms with Crippen LogP contribution in [0.3, 0.4) is 0 Å². The Morgan fingerprint density at radius 3 is 2.33 bits per heavy atom. The minimum Gasteiger partial charge on any atom is -0.493 e. The number of methoxy groups -OCH3 is 1. The average Bonchev–Trinajstić information content (AvgIpc) is 3.86. The van der Waals surface area contributed by atoms with Crippen LogP contribution in [0.15, 0.2) is 72.9 Å². The van der Waals surface area contributed by atoms with Crippen LogP contribution in [-0.2, 0) is 23.2 Å². The molecule has 2 fully saturated rings. The monoisotopic (exact) mass is 665 g/mol. The predicted octanol–water partition coefficient (Wildman–Crippen LogP) is 7.38. The molecule has 1 atom stereocenters. The number of piperidine rings is 1. The molecule has 1 saturated heterocycles. The van der Waals surface area contributed by atoms with Gasteiger partial charge in [-0.2, -0.15) is 13.2 Å². The summed E-state index contributed by atoms with van der Waals surface area (Å²) in [6.07, 6.45) is -1.05. The summed E-state index contributed by atoms with van der Waals surface area (Å²) in [6.45, 7) is 0.858. The number of alkyl halides is 3. The Balaban J connectivity index is 1.27. The molecule has 1 unspecified atom stereocenters. The maximum atomic E-state index is 15.7. The quantitative estimate of drug-likeness (QED) is 0.117. The van der Waals surface area contributed by atoms with E-state index in [4.69, 9.17) is 14.6 Å². The van der Waals surface area contributed by atoms with Crippen molar-refractivity contribution in [3.63, 3.8) is 0 Å². The number of aliphatic carboxylic acids is 1. The second-order valence-electron chi connectivity index (χ2n) is 12.8. The van der Waals surface area contributed by atoms with Crippen molar-refractivity contribution < 1.29 is 37.5 Å². The maximum absolute atomic E-state index is 15.7. The molecule has 2 aliphatic rings. The van der Waals surface area contributed by atoms with Crippen LogP contribution in [0.4, 0.5) is 18.9 Å². The highest BCUT2D eigenvalue weighted by Gasteiger charge is 2.64. The number of carbonyl (C=O) groups is 1. The molecule has 1 aliphatic heterocycles. The van der Waals surface area contributed by atoms with Gasteiger partial charge in [0.2, 0.25) is 0 Å². The zero-order valence-electron chi connectivity index (χ0n) is 26.6. The molecule has 4 aromatic rings. The van der Waals surface area contributed by atoms with Crippen LogP contribution >= 0.6 is 0 Å². The summed E-state index contributed by atoms with van der Waals surface area (Å²) in [4.78, 5) is 24.0. The molecular weight excluding hydrogens is 627 g/mol. The van der Waals surface area contributed by atoms with E-state index in [1.54, 1.807) is 35.0 Å². The summed E-state index contributed by atoms with van der Waals surface area (Å²) in [5.74, 6) is -0.543. The number of non-ortho nitro benzene ring substituents is 1. The standard InChI is InChI=1S/C36H38F3N3O6/c1-47-33-19-24(8-14-34(43)44)7-13-32(33)48-28-15-17-40(18-16-28)23-35(26-9-10-26,36(37,38)39)30-22-41(21-25-5-3-2-4-6-25)31-12-11-27(42(45)46)20-29(30)31/h2-7,11-13,19-20,22,26,28H,8-10,14-18,21,23H2,1H3,(H,43,44). The summed E-state index contributed by atoms with van der Waals surface area (Å²) in [7, 11) is 1.51. The smallest absolute Gasteiger partial charge is 0.400 e. The number of carboxylic acid groups (broad SMARTS) is 1. The van der Waals surface area contributed by atoms with Crippen LogP contribution in [0.25, 0.3) is 10.9 Å². The summed E-state index contributed by atoms with van der Waals surface area (Å²) in [5, 5.41) is 21.0. The van der Waals surface area contributed by atoms with Crippen molar-refractivity contribution in [3.8, 4) is 11.5 Å². The molecule has 6 rings (SSSR count). The maximum Gasteiger partial charge on any atom is 0.400 e. The van der Waals surface area contributed by atoms with Gasteiger partial charge in [-0.25, -0.2) is 0 Å². The van der Waals surface area contributed by atoms with Gasteiger partial charge < -0.3 is 24.0 Å². The highest BCUT2D eigenvalue weighted by molar-refractivity contribution is 5.88. The first-order valence-electron chi connectivity index (χ1n) is 16.1. The molecule has 254 valence electrons. The number of carboxylic acids is 1. The molecule has 0 spiro atoms. The minimum atomic E-state index is -4.60. The molecular formula is C36H38F3N3O6. The van der Waals surface area contributed by atoms with Gasteiger partial charge in [-0.15, -0.1) is 0 Å². The molecule has 1 aromatic heterocycles. The van der Waals surface area contributed by atoms with Crippen LogP contribution in [0, 0.1) is 16.0 Å². The first-order valence-corrected chi connectivity index (χ1v) is 16.1. The number of halogens is 3. The number of nitro groups is 1. The number of benzene rings is 3. The third kappa shape index (κ3) is 6.85. The average molecular weight is 666 g/mol. The number of likely N-dealkylation sites (tertiary alicyclic amines) is 1. The van der Waals surface area contributed by atoms with Crippen molar-refractivity contribution >= 4 is 22.6 Å². The Kier molecular flexibility index (Phi) is 9.37. The number of aryl methyl sites for hydroxylation is 1. The largest absolute Gasteiger partial charge is 0.493 e. The lowest BCUT2D eigenvalue weighted by atomic mass is 9.74. The SMILES string of the molecule is COc1cc(CCC(=O)O)ccc1OC1CCN(CC(c2cn(Cc3ccccc3)c3ccc([N+](=O)[O-])cc23)(C2CC2)C(F)(F)F)CC1. The van der Waals surface area contributed by atoms with E-state index in [0.29, 0.717) is 68.8 Å². The van der Waals surface area contributed by atoms with E-state index in [1.807, 2.05) is 35.2 Å². The van der Waals surface area contributed by atoms with Crippen molar-refractivity contribution in [2.75, 3.05) is 26.7 Å². The van der Waals surface area contributed by atoms with Gasteiger partial charge in [0.05, 0.1) is 12.0 Å². The molecule has 1 saturated carbocycles. The Labute approximate surface area is 276 Å². The van der Waals surface area contributed by atoms with Crippen LogP contribution in [0.1, 0.15) is 48.8 Å². The number of nitrogens with zero attached hydrogens (tertiary/aromatic N) is 3. The molecule has 0 radical (unpaired) electrons. The zero-order valence-corrected chi connectivity index (χ0v) is 26.6. The molecule has 2 heterocycles. The number of fused-ring (bicyclic) bond motifs is 1. The fourth-order valence-electron chi connectivity index (χ4n) is 7.08. The first kappa shape index (κ1) is 33.3. The second kappa shape index (κ2) is 13.5. The van der Waals surface area contributed by atoms with Crippen molar-refractivity contribution in [1.29, 1.82) is 0 Å². The Bertz CT molecular complexity index is 1780. The van der Waals surface area contributed by atoms with E-state index < -0.39 is 28.4 Å². The van der Waals surface area contributed by atoms with Gasteiger partial charge in [0.1, 0.15) is 11.5 Å². The molecule has 0 amide bonds. The van der Waals surface area contributed by atoms with E-state index in [2.05, 4.69) is 0 Å². The van der Waals surface area contributed by atoms with Gasteiger partial charge in [-0.05, 0) is 72.9 Å². The van der Waals surface area contributed by atoms with Crippen molar-refractivity contribution in [3.05, 3.63) is 99.7 Å². The molecule has 0 bridgehead atoms. The van der Waals surface area contributed by atoms with Gasteiger partial charge in [0.15, 0.2) is 11.5 Å². The molecule has 3 aromatic carbocycles. The number of aromatic nitrogens is 1. The molecule has 12 heteroatoms. The third-order valence-corrected chi connectivity index (χ3v) is 9.69. The summed E-state index contributed by atoms with van der Waals surface area (Å²) in [6, 6.07) is 18.9. The van der Waals surface area contributed by atoms with Crippen LogP contribution in [0.5, 0.6) is 11.5 Å². The number of ether oxygens (including phenoxy) is 2. The molecule has 9 nitrogen and oxygen atoms in total. The first-order chi connectivity index (χ1) is 23.0. The lowest BCUT2D eigenvalue weighted by molar-refractivity contribution is -0.384. The van der Waals surface area contributed by atoms with E-state index in [-0.39, 0.29) is 35.7 Å². The summed E-state index contributed by atoms with van der Waals surface area (Å²) in [5.41, 5.74) is -0.101. The van der Waals surface area contributed by atoms with Crippen molar-refractivity contribution in [1.82, 2.24) is 9.47 Å². The second-order valence-corrected chi connectivity index (χ2v) is 12.8. The van der Waals surface area contributed by atoms with Gasteiger partial charge in [-0.3, -0.25) is 14.9 Å². The van der Waals surface area contributed by atoms with E-state index in [0.717, 1.165) is 11.1 Å². The van der Waals surface area contributed by atoms with Crippen molar-refractivity contribution in [2.24, 2.45) is 5.92 Å². The fraction of sp³-hybridized carbons (Fsp3) is 0.417. The summed E-state index contributed by atoms with van der Waals surface area (Å²) >= 11 is 0. The molecule has 1 aliphatic carbocycles. The number of hydrogen-bond acceptors (Lipinski definition) is 6. The number of nitro benzene ring substituents is 1. The normalized spacial score (nSPS) is 17.2. The predicted molar refractivity (Wildman–Crippen MR) is 174 cm³/mol. The Morgan fingerprint density at radius 2 is 1.71 bits per heavy atom. The topological polar surface area (TPSA) is 107 Å². The van der Waals surface area contributed by atoms with Crippen molar-refractivity contribution in [2.45, 2.75) is 62.8 Å². The Hall–Kier alpha value is -4.58. The van der Waals surface area contributed by atoms with Gasteiger partial charge in [-0.1, -0.05) is 36.4 Å². The van der Waals surface area contributed by atoms with E-state index in [1.165, 1.54) is 19.2 Å². The number of rotatable bonds is 13. The highest BCUT2D eigenvalue weighted by atomic mass is 19.4. The van der Waals surface area contributed by atoms with E-state index >= 15 is 13.2 Å². The highest BCUT2D eigenvalue weighted by Crippen LogP contribution is 2.58. The molecule has 1 N–H and O–H groups in total. The lowest BCUT2D eigenvalue weighted by Gasteiger charge is -2.42. The number of hydrogen-bond donors (Lipinski definition) is 1. The van der Waals surface area contributed by atoms with Gasteiger partial charge in [0, 0.05) is 61.8 Å². The van der Waals surface area contributed by atoms with Gasteiger partial charge in [0.25, 0.3) is 5.69 Å². The summed E-state index contributed by atoms with van der Waals surface area (Å²) < 4.78 is 60.5. The third-order valence-electron chi connectivity index (χ3n) is 9.69. The molecule has 48 heavy (non-hydrogen) atoms. The van der Waals surface area contributed by atoms with Crippen LogP contribution < -0.4 is 9.47 Å². The van der Waals surface area contributed by atoms with Crippen LogP contribution in [0.2, 0.25) is 0 Å². The Morgan fingerprint density at radius 1 is 0.979 bits per heavy atom. The minimum absolute atomic E-state index is 0.00741. The van der Waals surface area contributed by atoms with Gasteiger partial charge >= 0.3 is 12.1 Å². The zero-order chi connectivity index (χ0) is 34.1. The fourth-order valence-corrected chi connectivity index (χ4v) is 7.08. The lowest BCUT2D eigenvalue weighted by Crippen LogP contribution is -2.54. The van der Waals surface area contributed by atoms with Crippen LogP contribution in [-0.4, -0.2) is 64.5 Å². The van der Waals surface area contributed by atoms with E-state index in [9.17, 15) is 14.9 Å².